The second kappa shape index (κ2) is 12.1. The maximum atomic E-state index is 6.17. The molecule has 0 atom stereocenters. The summed E-state index contributed by atoms with van der Waals surface area (Å²) in [4.78, 5) is 4.90. The van der Waals surface area contributed by atoms with Crippen LogP contribution in [0.3, 0.4) is 0 Å². The highest BCUT2D eigenvalue weighted by Gasteiger charge is 2.42. The third-order valence-electron chi connectivity index (χ3n) is 11.8. The lowest BCUT2D eigenvalue weighted by Crippen LogP contribution is -2.61. The number of furan rings is 1. The predicted octanol–water partition coefficient (Wildman–Crippen LogP) is 12.2. The third kappa shape index (κ3) is 4.66. The fourth-order valence-electron chi connectivity index (χ4n) is 9.27. The van der Waals surface area contributed by atoms with Gasteiger partial charge in [0.25, 0.3) is 6.71 Å². The van der Waals surface area contributed by atoms with Crippen molar-refractivity contribution < 1.29 is 4.42 Å². The lowest BCUT2D eigenvalue weighted by Gasteiger charge is -2.44. The summed E-state index contributed by atoms with van der Waals surface area (Å²) in [5, 5.41) is 4.69. The molecule has 0 bridgehead atoms. The van der Waals surface area contributed by atoms with Gasteiger partial charge in [0.05, 0.1) is 0 Å². The Hall–Kier alpha value is -7.30. The first kappa shape index (κ1) is 31.1. The van der Waals surface area contributed by atoms with E-state index in [2.05, 4.69) is 198 Å². The van der Waals surface area contributed by atoms with Gasteiger partial charge >= 0.3 is 0 Å². The molecule has 4 heteroatoms. The quantitative estimate of drug-likeness (QED) is 0.169. The van der Waals surface area contributed by atoms with Crippen LogP contribution in [-0.4, -0.2) is 6.71 Å². The van der Waals surface area contributed by atoms with Crippen LogP contribution in [0.4, 0.5) is 34.1 Å². The fourth-order valence-corrected chi connectivity index (χ4v) is 9.27. The maximum Gasteiger partial charge on any atom is 0.252 e. The molecule has 3 heterocycles. The Morgan fingerprint density at radius 1 is 0.339 bits per heavy atom. The molecule has 0 fully saturated rings. The predicted molar refractivity (Wildman–Crippen MR) is 236 cm³/mol. The van der Waals surface area contributed by atoms with Crippen LogP contribution in [0.25, 0.3) is 55.0 Å². The van der Waals surface area contributed by atoms with Crippen molar-refractivity contribution in [1.29, 1.82) is 0 Å². The number of fused-ring (bicyclic) bond motifs is 8. The van der Waals surface area contributed by atoms with E-state index >= 15 is 0 Å². The van der Waals surface area contributed by atoms with E-state index in [4.69, 9.17) is 4.42 Å². The van der Waals surface area contributed by atoms with E-state index in [1.165, 1.54) is 72.2 Å². The zero-order valence-corrected chi connectivity index (χ0v) is 30.4. The van der Waals surface area contributed by atoms with Crippen LogP contribution < -0.4 is 26.2 Å². The normalized spacial score (nSPS) is 12.9. The molecule has 0 amide bonds. The molecular formula is C52H33BN2O. The van der Waals surface area contributed by atoms with Crippen LogP contribution in [-0.2, 0) is 0 Å². The Kier molecular flexibility index (Phi) is 6.72. The molecule has 0 N–H and O–H groups in total. The second-order valence-electron chi connectivity index (χ2n) is 14.9. The van der Waals surface area contributed by atoms with Crippen molar-refractivity contribution in [2.75, 3.05) is 9.80 Å². The first-order valence-corrected chi connectivity index (χ1v) is 19.3. The number of hydrogen-bond acceptors (Lipinski definition) is 3. The number of hydrogen-bond donors (Lipinski definition) is 0. The Bertz CT molecular complexity index is 3150. The zero-order valence-electron chi connectivity index (χ0n) is 30.4. The largest absolute Gasteiger partial charge is 0.456 e. The molecule has 0 aliphatic carbocycles. The summed E-state index contributed by atoms with van der Waals surface area (Å²) in [5.74, 6) is 0. The van der Waals surface area contributed by atoms with E-state index in [0.29, 0.717) is 0 Å². The van der Waals surface area contributed by atoms with Gasteiger partial charge in [-0.15, -0.1) is 0 Å². The van der Waals surface area contributed by atoms with E-state index < -0.39 is 0 Å². The van der Waals surface area contributed by atoms with Crippen molar-refractivity contribution in [1.82, 2.24) is 0 Å². The molecule has 0 spiro atoms. The smallest absolute Gasteiger partial charge is 0.252 e. The number of nitrogens with zero attached hydrogens (tertiary/aromatic N) is 2. The van der Waals surface area contributed by atoms with Gasteiger partial charge in [0.15, 0.2) is 0 Å². The minimum absolute atomic E-state index is 0.0953. The Morgan fingerprint density at radius 2 is 0.911 bits per heavy atom. The van der Waals surface area contributed by atoms with Crippen molar-refractivity contribution in [2.24, 2.45) is 0 Å². The summed E-state index contributed by atoms with van der Waals surface area (Å²) < 4.78 is 6.17. The molecule has 3 nitrogen and oxygen atoms in total. The van der Waals surface area contributed by atoms with Crippen molar-refractivity contribution in [3.05, 3.63) is 200 Å². The lowest BCUT2D eigenvalue weighted by molar-refractivity contribution is 0.669. The summed E-state index contributed by atoms with van der Waals surface area (Å²) in [7, 11) is 0. The molecule has 2 aliphatic heterocycles. The van der Waals surface area contributed by atoms with E-state index in [1.54, 1.807) is 0 Å². The molecule has 56 heavy (non-hydrogen) atoms. The van der Waals surface area contributed by atoms with Gasteiger partial charge in [0.1, 0.15) is 11.2 Å². The summed E-state index contributed by atoms with van der Waals surface area (Å²) in [6.45, 7) is 0.0953. The van der Waals surface area contributed by atoms with Crippen LogP contribution in [0, 0.1) is 0 Å². The van der Waals surface area contributed by atoms with Crippen molar-refractivity contribution in [3.63, 3.8) is 0 Å². The topological polar surface area (TPSA) is 19.6 Å². The molecule has 0 saturated heterocycles. The van der Waals surface area contributed by atoms with Crippen molar-refractivity contribution in [3.8, 4) is 22.3 Å². The Morgan fingerprint density at radius 3 is 1.66 bits per heavy atom. The summed E-state index contributed by atoms with van der Waals surface area (Å²) in [6.07, 6.45) is 0. The Balaban J connectivity index is 0.973. The molecule has 260 valence electrons. The summed E-state index contributed by atoms with van der Waals surface area (Å²) >= 11 is 0. The van der Waals surface area contributed by atoms with Crippen molar-refractivity contribution >= 4 is 89.9 Å². The minimum Gasteiger partial charge on any atom is -0.456 e. The first-order valence-electron chi connectivity index (χ1n) is 19.3. The number of anilines is 6. The van der Waals surface area contributed by atoms with Gasteiger partial charge in [-0.1, -0.05) is 127 Å². The van der Waals surface area contributed by atoms with Crippen LogP contribution in [0.2, 0.25) is 0 Å². The molecular weight excluding hydrogens is 679 g/mol. The molecule has 0 radical (unpaired) electrons. The second-order valence-corrected chi connectivity index (χ2v) is 14.9. The molecule has 0 saturated carbocycles. The standard InChI is InChI=1S/C52H33BN2O/c1-3-12-40(13-4-1)54-46-18-9-8-17-44(46)53-45-29-28-37(32-49(45)55(41-14-5-2-6-15-41)48-20-11-19-47(54)52(48)53)35-24-22-34(23-25-35)36-26-27-38-33-51-43(31-39(38)30-36)42-16-7-10-21-50(42)56-51/h1-33H. The van der Waals surface area contributed by atoms with E-state index in [9.17, 15) is 0 Å². The number of rotatable bonds is 4. The molecule has 2 aliphatic rings. The highest BCUT2D eigenvalue weighted by Crippen LogP contribution is 2.44. The van der Waals surface area contributed by atoms with Crippen LogP contribution in [0.5, 0.6) is 0 Å². The Labute approximate surface area is 325 Å². The van der Waals surface area contributed by atoms with Crippen molar-refractivity contribution in [2.45, 2.75) is 0 Å². The van der Waals surface area contributed by atoms with Crippen LogP contribution in [0.1, 0.15) is 0 Å². The minimum atomic E-state index is 0.0953. The van der Waals surface area contributed by atoms with Gasteiger partial charge in [-0.3, -0.25) is 0 Å². The first-order chi connectivity index (χ1) is 27.8. The maximum absolute atomic E-state index is 6.17. The fraction of sp³-hybridized carbons (Fsp3) is 0. The van der Waals surface area contributed by atoms with E-state index in [-0.39, 0.29) is 6.71 Å². The molecule has 12 rings (SSSR count). The van der Waals surface area contributed by atoms with Gasteiger partial charge in [-0.2, -0.15) is 0 Å². The third-order valence-corrected chi connectivity index (χ3v) is 11.8. The zero-order chi connectivity index (χ0) is 36.7. The van der Waals surface area contributed by atoms with Gasteiger partial charge < -0.3 is 14.2 Å². The monoisotopic (exact) mass is 712 g/mol. The highest BCUT2D eigenvalue weighted by atomic mass is 16.3. The highest BCUT2D eigenvalue weighted by molar-refractivity contribution is 7.00. The van der Waals surface area contributed by atoms with Gasteiger partial charge in [-0.05, 0) is 122 Å². The molecule has 1 aromatic heterocycles. The molecule has 0 unspecified atom stereocenters. The van der Waals surface area contributed by atoms with Crippen LogP contribution in [0.15, 0.2) is 205 Å². The van der Waals surface area contributed by atoms with E-state index in [1.807, 2.05) is 12.1 Å². The SMILES string of the molecule is c1ccc(N2c3ccccc3B3c4ccc(-c5ccc(-c6ccc7cc8oc9ccccc9c8cc7c6)cc5)cc4N(c4ccccc4)c4cccc2c43)cc1. The lowest BCUT2D eigenvalue weighted by atomic mass is 9.33. The molecule has 9 aromatic carbocycles. The van der Waals surface area contributed by atoms with Gasteiger partial charge in [0.2, 0.25) is 0 Å². The summed E-state index contributed by atoms with van der Waals surface area (Å²) in [6, 6.07) is 72.9. The van der Waals surface area contributed by atoms with Gasteiger partial charge in [0, 0.05) is 44.9 Å². The number of para-hydroxylation sites is 4. The number of benzene rings is 9. The average molecular weight is 713 g/mol. The summed E-state index contributed by atoms with van der Waals surface area (Å²) in [5.41, 5.74) is 17.8. The average Bonchev–Trinajstić information content (AvgIpc) is 3.63. The van der Waals surface area contributed by atoms with E-state index in [0.717, 1.165) is 33.3 Å². The molecule has 10 aromatic rings. The van der Waals surface area contributed by atoms with Gasteiger partial charge in [-0.25, -0.2) is 0 Å². The van der Waals surface area contributed by atoms with Crippen LogP contribution >= 0.6 is 0 Å².